The van der Waals surface area contributed by atoms with Crippen LogP contribution in [0.5, 0.6) is 11.5 Å². The summed E-state index contributed by atoms with van der Waals surface area (Å²) < 4.78 is 10.4. The van der Waals surface area contributed by atoms with E-state index in [1.54, 1.807) is 18.2 Å². The molecule has 144 valence electrons. The monoisotopic (exact) mass is 363 g/mol. The van der Waals surface area contributed by atoms with Gasteiger partial charge in [-0.3, -0.25) is 9.59 Å². The molecule has 2 rings (SSSR count). The highest BCUT2D eigenvalue weighted by Gasteiger charge is 2.29. The Hall–Kier alpha value is -2.28. The van der Waals surface area contributed by atoms with Crippen molar-refractivity contribution in [2.24, 2.45) is 5.92 Å². The summed E-state index contributed by atoms with van der Waals surface area (Å²) >= 11 is 0. The minimum atomic E-state index is -0.571. The molecule has 2 amide bonds. The maximum absolute atomic E-state index is 12.9. The molecule has 2 N–H and O–H groups in total. The van der Waals surface area contributed by atoms with Gasteiger partial charge in [-0.05, 0) is 31.0 Å². The Bertz CT molecular complexity index is 603. The van der Waals surface area contributed by atoms with Crippen LogP contribution in [-0.4, -0.2) is 63.2 Å². The van der Waals surface area contributed by atoms with Crippen LogP contribution in [0.2, 0.25) is 0 Å². The van der Waals surface area contributed by atoms with E-state index in [0.29, 0.717) is 30.2 Å². The number of methoxy groups -OCH3 is 2. The van der Waals surface area contributed by atoms with Crippen molar-refractivity contribution in [3.63, 3.8) is 0 Å². The lowest BCUT2D eigenvalue weighted by molar-refractivity contribution is -0.134. The van der Waals surface area contributed by atoms with Gasteiger partial charge < -0.3 is 25.0 Å². The van der Waals surface area contributed by atoms with Crippen molar-refractivity contribution >= 4 is 11.8 Å². The van der Waals surface area contributed by atoms with Gasteiger partial charge in [0.15, 0.2) is 0 Å². The van der Waals surface area contributed by atoms with E-state index >= 15 is 0 Å². The topological polar surface area (TPSA) is 79.9 Å². The number of carbonyl (C=O) groups excluding carboxylic acids is 2. The highest BCUT2D eigenvalue weighted by Crippen LogP contribution is 2.22. The van der Waals surface area contributed by atoms with Crippen LogP contribution >= 0.6 is 0 Å². The van der Waals surface area contributed by atoms with Gasteiger partial charge in [-0.1, -0.05) is 13.8 Å². The lowest BCUT2D eigenvalue weighted by Gasteiger charge is -2.28. The number of hydrogen-bond donors (Lipinski definition) is 2. The fourth-order valence-corrected chi connectivity index (χ4v) is 2.94. The summed E-state index contributed by atoms with van der Waals surface area (Å²) in [7, 11) is 3.06. The van der Waals surface area contributed by atoms with E-state index in [2.05, 4.69) is 10.6 Å². The summed E-state index contributed by atoms with van der Waals surface area (Å²) in [6, 6.07) is 4.40. The van der Waals surface area contributed by atoms with E-state index in [1.807, 2.05) is 18.7 Å². The van der Waals surface area contributed by atoms with Gasteiger partial charge in [-0.15, -0.1) is 0 Å². The Morgan fingerprint density at radius 3 is 2.31 bits per heavy atom. The maximum atomic E-state index is 12.9. The molecule has 1 saturated heterocycles. The van der Waals surface area contributed by atoms with E-state index < -0.39 is 6.04 Å². The molecule has 1 fully saturated rings. The van der Waals surface area contributed by atoms with Gasteiger partial charge in [0, 0.05) is 31.3 Å². The van der Waals surface area contributed by atoms with Gasteiger partial charge in [0.1, 0.15) is 17.5 Å². The maximum Gasteiger partial charge on any atom is 0.252 e. The molecule has 1 aliphatic rings. The fourth-order valence-electron chi connectivity index (χ4n) is 2.94. The summed E-state index contributed by atoms with van der Waals surface area (Å²) in [4.78, 5) is 27.5. The smallest absolute Gasteiger partial charge is 0.252 e. The highest BCUT2D eigenvalue weighted by molar-refractivity contribution is 5.98. The Kier molecular flexibility index (Phi) is 7.26. The third kappa shape index (κ3) is 5.11. The normalized spacial score (nSPS) is 16.0. The molecule has 1 aliphatic heterocycles. The van der Waals surface area contributed by atoms with E-state index in [9.17, 15) is 9.59 Å². The van der Waals surface area contributed by atoms with Gasteiger partial charge >= 0.3 is 0 Å². The van der Waals surface area contributed by atoms with E-state index in [-0.39, 0.29) is 17.7 Å². The fraction of sp³-hybridized carbons (Fsp3) is 0.579. The third-order valence-corrected chi connectivity index (χ3v) is 4.48. The zero-order valence-electron chi connectivity index (χ0n) is 16.0. The van der Waals surface area contributed by atoms with Crippen LogP contribution in [0, 0.1) is 5.92 Å². The van der Waals surface area contributed by atoms with Gasteiger partial charge in [-0.25, -0.2) is 0 Å². The zero-order chi connectivity index (χ0) is 19.1. The lowest BCUT2D eigenvalue weighted by atomic mass is 10.0. The van der Waals surface area contributed by atoms with Crippen molar-refractivity contribution in [3.05, 3.63) is 23.8 Å². The number of nitrogens with one attached hydrogen (secondary N) is 2. The van der Waals surface area contributed by atoms with Crippen molar-refractivity contribution in [3.8, 4) is 11.5 Å². The molecule has 1 atom stereocenters. The number of carbonyl (C=O) groups is 2. The SMILES string of the molecule is COc1cc(OC)cc(C(=O)NC(C(=O)N2CCCNCC2)C(C)C)c1. The van der Waals surface area contributed by atoms with Crippen molar-refractivity contribution in [1.29, 1.82) is 0 Å². The Morgan fingerprint density at radius 1 is 1.08 bits per heavy atom. The number of benzene rings is 1. The molecule has 0 aliphatic carbocycles. The van der Waals surface area contributed by atoms with Gasteiger partial charge in [0.25, 0.3) is 5.91 Å². The zero-order valence-corrected chi connectivity index (χ0v) is 16.0. The minimum Gasteiger partial charge on any atom is -0.497 e. The third-order valence-electron chi connectivity index (χ3n) is 4.48. The van der Waals surface area contributed by atoms with Crippen molar-refractivity contribution in [2.45, 2.75) is 26.3 Å². The molecule has 1 aromatic carbocycles. The first-order valence-electron chi connectivity index (χ1n) is 8.99. The molecule has 7 heteroatoms. The lowest BCUT2D eigenvalue weighted by Crippen LogP contribution is -2.52. The first kappa shape index (κ1) is 20.0. The van der Waals surface area contributed by atoms with Crippen LogP contribution in [-0.2, 0) is 4.79 Å². The molecule has 0 radical (unpaired) electrons. The van der Waals surface area contributed by atoms with Gasteiger partial charge in [0.05, 0.1) is 14.2 Å². The van der Waals surface area contributed by atoms with E-state index in [4.69, 9.17) is 9.47 Å². The Morgan fingerprint density at radius 2 is 1.73 bits per heavy atom. The second kappa shape index (κ2) is 9.43. The van der Waals surface area contributed by atoms with Crippen LogP contribution < -0.4 is 20.1 Å². The van der Waals surface area contributed by atoms with Crippen molar-refractivity contribution < 1.29 is 19.1 Å². The van der Waals surface area contributed by atoms with Crippen molar-refractivity contribution in [2.75, 3.05) is 40.4 Å². The second-order valence-corrected chi connectivity index (χ2v) is 6.73. The molecule has 1 aromatic rings. The predicted molar refractivity (Wildman–Crippen MR) is 99.7 cm³/mol. The molecule has 7 nitrogen and oxygen atoms in total. The first-order chi connectivity index (χ1) is 12.5. The van der Waals surface area contributed by atoms with E-state index in [0.717, 1.165) is 19.5 Å². The average molecular weight is 363 g/mol. The summed E-state index contributed by atoms with van der Waals surface area (Å²) in [6.45, 7) is 6.92. The molecular formula is C19H29N3O4. The summed E-state index contributed by atoms with van der Waals surface area (Å²) in [5.74, 6) is 0.685. The molecule has 26 heavy (non-hydrogen) atoms. The number of amides is 2. The number of rotatable bonds is 6. The number of hydrogen-bond acceptors (Lipinski definition) is 5. The molecular weight excluding hydrogens is 334 g/mol. The summed E-state index contributed by atoms with van der Waals surface area (Å²) in [5.41, 5.74) is 0.400. The second-order valence-electron chi connectivity index (χ2n) is 6.73. The Labute approximate surface area is 155 Å². The van der Waals surface area contributed by atoms with Gasteiger partial charge in [0.2, 0.25) is 5.91 Å². The van der Waals surface area contributed by atoms with Crippen LogP contribution in [0.1, 0.15) is 30.6 Å². The van der Waals surface area contributed by atoms with Crippen LogP contribution in [0.3, 0.4) is 0 Å². The molecule has 0 spiro atoms. The van der Waals surface area contributed by atoms with Crippen LogP contribution in [0.15, 0.2) is 18.2 Å². The van der Waals surface area contributed by atoms with Crippen LogP contribution in [0.4, 0.5) is 0 Å². The number of nitrogens with zero attached hydrogens (tertiary/aromatic N) is 1. The standard InChI is InChI=1S/C19H29N3O4/c1-13(2)17(19(24)22-8-5-6-20-7-9-22)21-18(23)14-10-15(25-3)12-16(11-14)26-4/h10-13,17,20H,5-9H2,1-4H3,(H,21,23). The molecule has 1 unspecified atom stereocenters. The Balaban J connectivity index is 2.16. The molecule has 0 aromatic heterocycles. The largest absolute Gasteiger partial charge is 0.497 e. The van der Waals surface area contributed by atoms with Crippen LogP contribution in [0.25, 0.3) is 0 Å². The summed E-state index contributed by atoms with van der Waals surface area (Å²) in [5, 5.41) is 6.17. The average Bonchev–Trinajstić information content (AvgIpc) is 2.94. The quantitative estimate of drug-likeness (QED) is 0.796. The first-order valence-corrected chi connectivity index (χ1v) is 8.99. The highest BCUT2D eigenvalue weighted by atomic mass is 16.5. The van der Waals surface area contributed by atoms with Gasteiger partial charge in [-0.2, -0.15) is 0 Å². The molecule has 0 saturated carbocycles. The summed E-state index contributed by atoms with van der Waals surface area (Å²) in [6.07, 6.45) is 0.914. The molecule has 1 heterocycles. The van der Waals surface area contributed by atoms with E-state index in [1.165, 1.54) is 14.2 Å². The minimum absolute atomic E-state index is 0.0184. The van der Waals surface area contributed by atoms with Crippen molar-refractivity contribution in [1.82, 2.24) is 15.5 Å². The number of ether oxygens (including phenoxy) is 2. The predicted octanol–water partition coefficient (Wildman–Crippen LogP) is 1.28. The molecule has 0 bridgehead atoms.